The summed E-state index contributed by atoms with van der Waals surface area (Å²) in [5, 5.41) is 16.8. The Morgan fingerprint density at radius 1 is 1.22 bits per heavy atom. The smallest absolute Gasteiger partial charge is 0.333 e. The van der Waals surface area contributed by atoms with Gasteiger partial charge < -0.3 is 19.9 Å². The zero-order chi connectivity index (χ0) is 29.7. The summed E-state index contributed by atoms with van der Waals surface area (Å²) in [6.07, 6.45) is 3.01. The number of nitrogens with one attached hydrogen (secondary N) is 1. The number of halogens is 3. The largest absolute Gasteiger partial charge is 0.395 e. The van der Waals surface area contributed by atoms with Gasteiger partial charge >= 0.3 is 6.55 Å². The van der Waals surface area contributed by atoms with Gasteiger partial charge in [-0.2, -0.15) is 13.9 Å². The number of hydrogen-bond donors (Lipinski definition) is 2. The molecular formula is C27H30ClF2N5O5S. The Bertz CT molecular complexity index is 1600. The second-order valence-corrected chi connectivity index (χ2v) is 14.5. The van der Waals surface area contributed by atoms with E-state index >= 15 is 0 Å². The fourth-order valence-corrected chi connectivity index (χ4v) is 7.61. The van der Waals surface area contributed by atoms with E-state index < -0.39 is 44.3 Å². The van der Waals surface area contributed by atoms with Crippen molar-refractivity contribution in [1.82, 2.24) is 24.6 Å². The molecule has 41 heavy (non-hydrogen) atoms. The highest BCUT2D eigenvalue weighted by Crippen LogP contribution is 2.49. The van der Waals surface area contributed by atoms with Crippen LogP contribution in [0.15, 0.2) is 42.7 Å². The van der Waals surface area contributed by atoms with Crippen molar-refractivity contribution in [2.45, 2.75) is 55.8 Å². The van der Waals surface area contributed by atoms with Crippen LogP contribution in [0, 0.1) is 0 Å². The number of amides is 2. The molecule has 0 atom stereocenters. The van der Waals surface area contributed by atoms with E-state index in [-0.39, 0.29) is 48.7 Å². The van der Waals surface area contributed by atoms with Gasteiger partial charge in [0.05, 0.1) is 22.3 Å². The number of nitrogens with zero attached hydrogens (tertiary/aromatic N) is 4. The first-order valence-electron chi connectivity index (χ1n) is 13.0. The lowest BCUT2D eigenvalue weighted by Gasteiger charge is -2.35. The Kier molecular flexibility index (Phi) is 7.49. The Morgan fingerprint density at radius 3 is 2.49 bits per heavy atom. The second-order valence-electron chi connectivity index (χ2n) is 11.1. The van der Waals surface area contributed by atoms with Crippen LogP contribution in [0.3, 0.4) is 0 Å². The lowest BCUT2D eigenvalue weighted by molar-refractivity contribution is 0.0566. The average molecular weight is 610 g/mol. The molecule has 0 radical (unpaired) electrons. The molecule has 0 saturated heterocycles. The third kappa shape index (κ3) is 5.15. The van der Waals surface area contributed by atoms with Gasteiger partial charge in [0.2, 0.25) is 0 Å². The van der Waals surface area contributed by atoms with Gasteiger partial charge in [0.1, 0.15) is 11.4 Å². The molecule has 220 valence electrons. The molecule has 3 heterocycles. The minimum Gasteiger partial charge on any atom is -0.395 e. The Labute approximate surface area is 240 Å². The Balaban J connectivity index is 1.48. The van der Waals surface area contributed by atoms with Crippen molar-refractivity contribution in [2.24, 2.45) is 0 Å². The van der Waals surface area contributed by atoms with Crippen LogP contribution >= 0.6 is 11.6 Å². The van der Waals surface area contributed by atoms with Gasteiger partial charge in [0.25, 0.3) is 11.8 Å². The summed E-state index contributed by atoms with van der Waals surface area (Å²) < 4.78 is 52.8. The highest BCUT2D eigenvalue weighted by molar-refractivity contribution is 7.94. The number of carbonyl (C=O) groups is 2. The fraction of sp³-hybridized carbons (Fsp3) is 0.444. The molecule has 0 spiro atoms. The molecule has 1 aliphatic carbocycles. The second kappa shape index (κ2) is 10.5. The maximum Gasteiger partial charge on any atom is 0.333 e. The first-order chi connectivity index (χ1) is 19.3. The predicted molar refractivity (Wildman–Crippen MR) is 147 cm³/mol. The van der Waals surface area contributed by atoms with Gasteiger partial charge in [-0.3, -0.25) is 9.59 Å². The summed E-state index contributed by atoms with van der Waals surface area (Å²) in [6, 6.07) is 8.40. The summed E-state index contributed by atoms with van der Waals surface area (Å²) in [6.45, 7) is -0.0875. The summed E-state index contributed by atoms with van der Waals surface area (Å²) in [4.78, 5) is 28.6. The Morgan fingerprint density at radius 2 is 1.90 bits per heavy atom. The van der Waals surface area contributed by atoms with Crippen molar-refractivity contribution < 1.29 is 31.9 Å². The summed E-state index contributed by atoms with van der Waals surface area (Å²) in [5.41, 5.74) is 1.52. The van der Waals surface area contributed by atoms with E-state index in [2.05, 4.69) is 10.4 Å². The number of aromatic nitrogens is 3. The quantitative estimate of drug-likeness (QED) is 0.362. The molecule has 10 nitrogen and oxygen atoms in total. The van der Waals surface area contributed by atoms with Crippen molar-refractivity contribution >= 4 is 33.3 Å². The SMILES string of the molecule is CC(C)(CO)S(=O)(=O)C1(CN2CCn3c(C(=O)NCc4ccc(Cl)cc4)cc(-c4cnn(C(F)F)c4)c3C2=O)CC1. The van der Waals surface area contributed by atoms with Crippen LogP contribution in [0.1, 0.15) is 59.8 Å². The van der Waals surface area contributed by atoms with Crippen LogP contribution in [0.2, 0.25) is 5.02 Å². The van der Waals surface area contributed by atoms with Crippen molar-refractivity contribution in [2.75, 3.05) is 19.7 Å². The Hall–Kier alpha value is -3.29. The van der Waals surface area contributed by atoms with Gasteiger partial charge in [-0.05, 0) is 50.5 Å². The van der Waals surface area contributed by atoms with Gasteiger partial charge in [0, 0.05) is 48.5 Å². The van der Waals surface area contributed by atoms with Gasteiger partial charge in [-0.1, -0.05) is 23.7 Å². The van der Waals surface area contributed by atoms with E-state index in [1.807, 2.05) is 0 Å². The number of sulfone groups is 1. The number of benzene rings is 1. The van der Waals surface area contributed by atoms with Crippen LogP contribution in [0.25, 0.3) is 11.1 Å². The molecule has 2 N–H and O–H groups in total. The van der Waals surface area contributed by atoms with Crippen molar-refractivity contribution in [1.29, 1.82) is 0 Å². The van der Waals surface area contributed by atoms with Crippen LogP contribution in [-0.2, 0) is 22.9 Å². The highest BCUT2D eigenvalue weighted by Gasteiger charge is 2.60. The lowest BCUT2D eigenvalue weighted by atomic mass is 10.1. The number of rotatable bonds is 10. The minimum atomic E-state index is -3.81. The standard InChI is InChI=1S/C27H30ClF2N5O5S/c1-26(2,16-36)41(39,40)27(7-8-27)15-33-9-10-34-21(23(37)31-12-17-3-5-19(28)6-4-17)11-20(22(34)24(33)38)18-13-32-35(14-18)25(29)30/h3-6,11,13-14,25,36H,7-10,12,15-16H2,1-2H3,(H,31,37). The summed E-state index contributed by atoms with van der Waals surface area (Å²) >= 11 is 5.93. The zero-order valence-corrected chi connectivity index (χ0v) is 24.1. The number of aliphatic hydroxyl groups excluding tert-OH is 1. The lowest BCUT2D eigenvalue weighted by Crippen LogP contribution is -2.52. The van der Waals surface area contributed by atoms with Crippen LogP contribution in [0.5, 0.6) is 0 Å². The van der Waals surface area contributed by atoms with E-state index in [9.17, 15) is 31.9 Å². The first-order valence-corrected chi connectivity index (χ1v) is 14.9. The molecule has 14 heteroatoms. The van der Waals surface area contributed by atoms with Crippen LogP contribution < -0.4 is 5.32 Å². The van der Waals surface area contributed by atoms with Crippen molar-refractivity contribution in [3.05, 3.63) is 64.7 Å². The summed E-state index contributed by atoms with van der Waals surface area (Å²) in [7, 11) is -3.81. The molecule has 1 aromatic carbocycles. The normalized spacial score (nSPS) is 16.7. The predicted octanol–water partition coefficient (Wildman–Crippen LogP) is 3.50. The molecular weight excluding hydrogens is 580 g/mol. The minimum absolute atomic E-state index is 0.0728. The number of alkyl halides is 2. The molecule has 1 fully saturated rings. The zero-order valence-electron chi connectivity index (χ0n) is 22.5. The molecule has 5 rings (SSSR count). The number of fused-ring (bicyclic) bond motifs is 1. The van der Waals surface area contributed by atoms with E-state index in [0.29, 0.717) is 22.5 Å². The van der Waals surface area contributed by atoms with Gasteiger partial charge in [0.15, 0.2) is 9.84 Å². The van der Waals surface area contributed by atoms with Gasteiger partial charge in [-0.25, -0.2) is 13.1 Å². The topological polar surface area (TPSA) is 127 Å². The van der Waals surface area contributed by atoms with E-state index in [1.165, 1.54) is 35.6 Å². The molecule has 2 aliphatic rings. The molecule has 1 aliphatic heterocycles. The molecule has 0 unspecified atom stereocenters. The van der Waals surface area contributed by atoms with Crippen molar-refractivity contribution in [3.8, 4) is 11.1 Å². The first kappa shape index (κ1) is 29.2. The molecule has 2 amide bonds. The molecule has 2 aromatic heterocycles. The van der Waals surface area contributed by atoms with E-state index in [0.717, 1.165) is 11.8 Å². The van der Waals surface area contributed by atoms with Crippen LogP contribution in [0.4, 0.5) is 8.78 Å². The van der Waals surface area contributed by atoms with Crippen molar-refractivity contribution in [3.63, 3.8) is 0 Å². The number of carbonyl (C=O) groups excluding carboxylic acids is 2. The molecule has 0 bridgehead atoms. The average Bonchev–Trinajstić information content (AvgIpc) is 3.38. The highest BCUT2D eigenvalue weighted by atomic mass is 35.5. The third-order valence-corrected chi connectivity index (χ3v) is 11.4. The fourth-order valence-electron chi connectivity index (χ4n) is 5.17. The maximum absolute atomic E-state index is 13.9. The number of aliphatic hydroxyl groups is 1. The molecule has 3 aromatic rings. The van der Waals surface area contributed by atoms with E-state index in [1.54, 1.807) is 24.3 Å². The number of hydrogen-bond acceptors (Lipinski definition) is 6. The maximum atomic E-state index is 13.9. The van der Waals surface area contributed by atoms with Gasteiger partial charge in [-0.15, -0.1) is 0 Å². The molecule has 1 saturated carbocycles. The monoisotopic (exact) mass is 609 g/mol. The third-order valence-electron chi connectivity index (χ3n) is 7.86. The summed E-state index contributed by atoms with van der Waals surface area (Å²) in [5.74, 6) is -0.989. The van der Waals surface area contributed by atoms with Crippen LogP contribution in [-0.4, -0.2) is 73.8 Å². The van der Waals surface area contributed by atoms with E-state index in [4.69, 9.17) is 11.6 Å².